The lowest BCUT2D eigenvalue weighted by atomic mass is 9.97. The van der Waals surface area contributed by atoms with Crippen LogP contribution in [0, 0.1) is 0 Å². The Morgan fingerprint density at radius 1 is 1.32 bits per heavy atom. The predicted octanol–water partition coefficient (Wildman–Crippen LogP) is 3.52. The molecule has 0 amide bonds. The van der Waals surface area contributed by atoms with Crippen LogP contribution in [0.25, 0.3) is 21.6 Å². The lowest BCUT2D eigenvalue weighted by Gasteiger charge is -2.15. The Morgan fingerprint density at radius 3 is 2.92 bits per heavy atom. The van der Waals surface area contributed by atoms with Crippen molar-refractivity contribution in [1.82, 2.24) is 15.0 Å². The summed E-state index contributed by atoms with van der Waals surface area (Å²) in [6, 6.07) is 3.03. The van der Waals surface area contributed by atoms with Gasteiger partial charge in [-0.3, -0.25) is 9.78 Å². The molecule has 25 heavy (non-hydrogen) atoms. The minimum atomic E-state index is -0.904. The largest absolute Gasteiger partial charge is 0.480 e. The minimum absolute atomic E-state index is 0.569. The summed E-state index contributed by atoms with van der Waals surface area (Å²) in [7, 11) is 0. The number of fused-ring (bicyclic) bond motifs is 3. The van der Waals surface area contributed by atoms with Crippen molar-refractivity contribution < 1.29 is 9.90 Å². The summed E-state index contributed by atoms with van der Waals surface area (Å²) in [5, 5.41) is 13.3. The second-order valence-corrected chi connectivity index (χ2v) is 7.32. The third-order valence-corrected chi connectivity index (χ3v) is 5.64. The van der Waals surface area contributed by atoms with Crippen LogP contribution in [0.5, 0.6) is 0 Å². The topological polar surface area (TPSA) is 88.0 Å². The van der Waals surface area contributed by atoms with Gasteiger partial charge in [-0.15, -0.1) is 11.3 Å². The van der Waals surface area contributed by atoms with Crippen molar-refractivity contribution in [3.8, 4) is 11.4 Å². The number of nitrogens with zero attached hydrogens (tertiary/aromatic N) is 3. The van der Waals surface area contributed by atoms with E-state index in [2.05, 4.69) is 15.3 Å². The number of aromatic nitrogens is 3. The van der Waals surface area contributed by atoms with Crippen molar-refractivity contribution in [1.29, 1.82) is 0 Å². The zero-order valence-corrected chi connectivity index (χ0v) is 14.6. The van der Waals surface area contributed by atoms with E-state index in [4.69, 9.17) is 4.98 Å². The summed E-state index contributed by atoms with van der Waals surface area (Å²) in [6.45, 7) is 1.62. The van der Waals surface area contributed by atoms with Crippen molar-refractivity contribution >= 4 is 33.3 Å². The molecule has 1 aliphatic carbocycles. The predicted molar refractivity (Wildman–Crippen MR) is 98.0 cm³/mol. The molecule has 3 heterocycles. The maximum absolute atomic E-state index is 11.3. The zero-order chi connectivity index (χ0) is 17.4. The van der Waals surface area contributed by atoms with Gasteiger partial charge in [-0.2, -0.15) is 0 Å². The van der Waals surface area contributed by atoms with Gasteiger partial charge in [0.1, 0.15) is 16.7 Å². The molecule has 0 fully saturated rings. The fourth-order valence-electron chi connectivity index (χ4n) is 3.15. The number of anilines is 1. The average Bonchev–Trinajstić information content (AvgIpc) is 3.01. The molecule has 2 N–H and O–H groups in total. The number of aliphatic carboxylic acids is 1. The number of carboxylic acid groups (broad SMARTS) is 1. The van der Waals surface area contributed by atoms with Crippen molar-refractivity contribution in [3.63, 3.8) is 0 Å². The number of thiophene rings is 1. The van der Waals surface area contributed by atoms with Crippen molar-refractivity contribution in [2.45, 2.75) is 38.6 Å². The van der Waals surface area contributed by atoms with E-state index in [0.29, 0.717) is 11.6 Å². The van der Waals surface area contributed by atoms with Crippen molar-refractivity contribution in [3.05, 3.63) is 35.0 Å². The summed E-state index contributed by atoms with van der Waals surface area (Å²) in [5.74, 6) is 0.274. The molecule has 0 saturated carbocycles. The lowest BCUT2D eigenvalue weighted by Crippen LogP contribution is -2.26. The zero-order valence-electron chi connectivity index (χ0n) is 13.8. The van der Waals surface area contributed by atoms with Crippen LogP contribution in [0.2, 0.25) is 0 Å². The monoisotopic (exact) mass is 354 g/mol. The Labute approximate surface area is 149 Å². The van der Waals surface area contributed by atoms with E-state index in [9.17, 15) is 9.90 Å². The molecule has 128 valence electrons. The highest BCUT2D eigenvalue weighted by Crippen LogP contribution is 2.39. The van der Waals surface area contributed by atoms with E-state index < -0.39 is 12.0 Å². The van der Waals surface area contributed by atoms with Crippen LogP contribution < -0.4 is 5.32 Å². The smallest absolute Gasteiger partial charge is 0.325 e. The molecule has 1 atom stereocenters. The van der Waals surface area contributed by atoms with Gasteiger partial charge in [0.15, 0.2) is 5.82 Å². The van der Waals surface area contributed by atoms with E-state index in [1.165, 1.54) is 16.9 Å². The molecule has 0 unspecified atom stereocenters. The molecular formula is C18H18N4O2S. The summed E-state index contributed by atoms with van der Waals surface area (Å²) in [5.41, 5.74) is 2.10. The van der Waals surface area contributed by atoms with E-state index in [0.717, 1.165) is 35.0 Å². The SMILES string of the molecule is C[C@H](Nc1nc(-c2cccnc2)nc2sc3c(c12)CCCC3)C(=O)O. The highest BCUT2D eigenvalue weighted by molar-refractivity contribution is 7.19. The molecule has 0 aliphatic heterocycles. The van der Waals surface area contributed by atoms with Crippen LogP contribution >= 0.6 is 11.3 Å². The first-order valence-corrected chi connectivity index (χ1v) is 9.17. The molecule has 3 aromatic rings. The number of nitrogens with one attached hydrogen (secondary N) is 1. The summed E-state index contributed by atoms with van der Waals surface area (Å²) in [6.07, 6.45) is 7.83. The van der Waals surface area contributed by atoms with Crippen LogP contribution in [0.15, 0.2) is 24.5 Å². The van der Waals surface area contributed by atoms with Gasteiger partial charge < -0.3 is 10.4 Å². The van der Waals surface area contributed by atoms with E-state index >= 15 is 0 Å². The molecule has 7 heteroatoms. The molecule has 4 rings (SSSR count). The Bertz CT molecular complexity index is 939. The van der Waals surface area contributed by atoms with Gasteiger partial charge in [0.05, 0.1) is 5.39 Å². The van der Waals surface area contributed by atoms with Gasteiger partial charge in [0.2, 0.25) is 0 Å². The van der Waals surface area contributed by atoms with Gasteiger partial charge in [-0.05, 0) is 50.3 Å². The molecule has 0 aromatic carbocycles. The standard InChI is InChI=1S/C18H18N4O2S/c1-10(18(23)24)20-16-14-12-6-2-3-7-13(12)25-17(14)22-15(21-16)11-5-4-8-19-9-11/h4-5,8-10H,2-3,6-7H2,1H3,(H,23,24)(H,20,21,22)/t10-/m0/s1. The first-order valence-electron chi connectivity index (χ1n) is 8.35. The first kappa shape index (κ1) is 16.0. The second-order valence-electron chi connectivity index (χ2n) is 6.23. The number of aryl methyl sites for hydroxylation is 2. The maximum atomic E-state index is 11.3. The Kier molecular flexibility index (Phi) is 4.09. The molecule has 6 nitrogen and oxygen atoms in total. The van der Waals surface area contributed by atoms with Crippen LogP contribution in [-0.4, -0.2) is 32.1 Å². The fourth-order valence-corrected chi connectivity index (χ4v) is 4.41. The van der Waals surface area contributed by atoms with Gasteiger partial charge in [0, 0.05) is 22.8 Å². The van der Waals surface area contributed by atoms with Gasteiger partial charge in [-0.25, -0.2) is 9.97 Å². The quantitative estimate of drug-likeness (QED) is 0.745. The van der Waals surface area contributed by atoms with E-state index in [1.807, 2.05) is 12.1 Å². The molecular weight excluding hydrogens is 336 g/mol. The van der Waals surface area contributed by atoms with Crippen molar-refractivity contribution in [2.75, 3.05) is 5.32 Å². The van der Waals surface area contributed by atoms with Gasteiger partial charge in [0.25, 0.3) is 0 Å². The number of pyridine rings is 1. The Morgan fingerprint density at radius 2 is 2.16 bits per heavy atom. The number of carbonyl (C=O) groups is 1. The lowest BCUT2D eigenvalue weighted by molar-refractivity contribution is -0.137. The maximum Gasteiger partial charge on any atom is 0.325 e. The molecule has 1 aliphatic rings. The third-order valence-electron chi connectivity index (χ3n) is 4.46. The van der Waals surface area contributed by atoms with Crippen molar-refractivity contribution in [2.24, 2.45) is 0 Å². The van der Waals surface area contributed by atoms with Crippen LogP contribution in [0.1, 0.15) is 30.2 Å². The van der Waals surface area contributed by atoms with Gasteiger partial charge in [-0.1, -0.05) is 0 Å². The average molecular weight is 354 g/mol. The summed E-state index contributed by atoms with van der Waals surface area (Å²) >= 11 is 1.70. The third kappa shape index (κ3) is 2.95. The van der Waals surface area contributed by atoms with Crippen LogP contribution in [0.4, 0.5) is 5.82 Å². The minimum Gasteiger partial charge on any atom is -0.480 e. The normalized spacial score (nSPS) is 14.9. The number of hydrogen-bond donors (Lipinski definition) is 2. The molecule has 3 aromatic heterocycles. The van der Waals surface area contributed by atoms with E-state index in [-0.39, 0.29) is 0 Å². The van der Waals surface area contributed by atoms with Gasteiger partial charge >= 0.3 is 5.97 Å². The summed E-state index contributed by atoms with van der Waals surface area (Å²) < 4.78 is 0. The molecule has 0 spiro atoms. The highest BCUT2D eigenvalue weighted by atomic mass is 32.1. The molecule has 0 bridgehead atoms. The van der Waals surface area contributed by atoms with Crippen LogP contribution in [-0.2, 0) is 17.6 Å². The second kappa shape index (κ2) is 6.40. The molecule has 0 saturated heterocycles. The Balaban J connectivity index is 1.91. The summed E-state index contributed by atoms with van der Waals surface area (Å²) in [4.78, 5) is 27.1. The first-order chi connectivity index (χ1) is 12.1. The number of rotatable bonds is 4. The van der Waals surface area contributed by atoms with E-state index in [1.54, 1.807) is 30.7 Å². The highest BCUT2D eigenvalue weighted by Gasteiger charge is 2.23. The fraction of sp³-hybridized carbons (Fsp3) is 0.333. The van der Waals surface area contributed by atoms with Crippen LogP contribution in [0.3, 0.4) is 0 Å². The number of carboxylic acids is 1. The number of hydrogen-bond acceptors (Lipinski definition) is 6. The Hall–Kier alpha value is -2.54. The molecule has 0 radical (unpaired) electrons.